The Morgan fingerprint density at radius 3 is 0.702 bits per heavy atom. The molecule has 0 aromatic heterocycles. The van der Waals surface area contributed by atoms with Crippen molar-refractivity contribution in [2.24, 2.45) is 0 Å². The summed E-state index contributed by atoms with van der Waals surface area (Å²) in [6, 6.07) is 0. The van der Waals surface area contributed by atoms with E-state index in [4.69, 9.17) is 4.74 Å². The van der Waals surface area contributed by atoms with Gasteiger partial charge in [-0.05, 0) is 12.8 Å². The molecule has 47 heavy (non-hydrogen) atoms. The van der Waals surface area contributed by atoms with Crippen molar-refractivity contribution < 1.29 is 9.53 Å². The molecule has 0 bridgehead atoms. The van der Waals surface area contributed by atoms with E-state index in [1.807, 2.05) is 0 Å². The first-order valence-corrected chi connectivity index (χ1v) is 22.5. The quantitative estimate of drug-likeness (QED) is 0.0480. The van der Waals surface area contributed by atoms with Gasteiger partial charge in [0, 0.05) is 6.42 Å². The van der Waals surface area contributed by atoms with Crippen molar-refractivity contribution in [1.29, 1.82) is 0 Å². The van der Waals surface area contributed by atoms with Crippen LogP contribution in [0.15, 0.2) is 0 Å². The van der Waals surface area contributed by atoms with Crippen molar-refractivity contribution in [1.82, 2.24) is 0 Å². The highest BCUT2D eigenvalue weighted by Crippen LogP contribution is 2.17. The van der Waals surface area contributed by atoms with E-state index in [1.165, 1.54) is 244 Å². The molecule has 0 unspecified atom stereocenters. The Morgan fingerprint density at radius 2 is 0.468 bits per heavy atom. The molecule has 0 saturated heterocycles. The van der Waals surface area contributed by atoms with Crippen LogP contribution < -0.4 is 0 Å². The van der Waals surface area contributed by atoms with Crippen LogP contribution in [0.25, 0.3) is 0 Å². The minimum atomic E-state index is 0.0326. The number of carbonyl (C=O) groups is 1. The van der Waals surface area contributed by atoms with E-state index in [0.717, 1.165) is 12.8 Å². The summed E-state index contributed by atoms with van der Waals surface area (Å²) in [5, 5.41) is 0. The second-order valence-corrected chi connectivity index (χ2v) is 15.4. The monoisotopic (exact) mass is 663 g/mol. The summed E-state index contributed by atoms with van der Waals surface area (Å²) in [7, 11) is 0. The first kappa shape index (κ1) is 46.5. The number of ether oxygens (including phenoxy) is 1. The molecule has 2 heteroatoms. The second kappa shape index (κ2) is 43.5. The van der Waals surface area contributed by atoms with E-state index in [1.54, 1.807) is 0 Å². The Labute approximate surface area is 298 Å². The van der Waals surface area contributed by atoms with Crippen LogP contribution in [0, 0.1) is 0 Å². The number of unbranched alkanes of at least 4 members (excludes halogenated alkanes) is 38. The first-order chi connectivity index (χ1) is 23.3. The smallest absolute Gasteiger partial charge is 0.305 e. The number of hydrogen-bond acceptors (Lipinski definition) is 2. The molecule has 2 nitrogen and oxygen atoms in total. The fourth-order valence-electron chi connectivity index (χ4n) is 7.14. The van der Waals surface area contributed by atoms with Gasteiger partial charge in [-0.3, -0.25) is 4.79 Å². The zero-order chi connectivity index (χ0) is 34.0. The Balaban J connectivity index is 3.14. The summed E-state index contributed by atoms with van der Waals surface area (Å²) < 4.78 is 5.48. The molecule has 0 heterocycles. The van der Waals surface area contributed by atoms with E-state index in [2.05, 4.69) is 13.8 Å². The molecule has 0 atom stereocenters. The molecular weight excluding hydrogens is 572 g/mol. The topological polar surface area (TPSA) is 26.3 Å². The van der Waals surface area contributed by atoms with Crippen molar-refractivity contribution in [2.75, 3.05) is 6.61 Å². The van der Waals surface area contributed by atoms with E-state index in [9.17, 15) is 4.79 Å². The molecule has 0 amide bonds. The van der Waals surface area contributed by atoms with Crippen molar-refractivity contribution in [3.8, 4) is 0 Å². The maximum Gasteiger partial charge on any atom is 0.305 e. The van der Waals surface area contributed by atoms with Gasteiger partial charge in [0.05, 0.1) is 6.61 Å². The summed E-state index contributed by atoms with van der Waals surface area (Å²) in [6.07, 6.45) is 56.4. The lowest BCUT2D eigenvalue weighted by molar-refractivity contribution is -0.143. The average molecular weight is 663 g/mol. The molecule has 0 saturated carbocycles. The lowest BCUT2D eigenvalue weighted by Crippen LogP contribution is -2.05. The van der Waals surface area contributed by atoms with Crippen LogP contribution in [0.2, 0.25) is 0 Å². The normalized spacial score (nSPS) is 11.4. The van der Waals surface area contributed by atoms with Crippen molar-refractivity contribution in [3.63, 3.8) is 0 Å². The van der Waals surface area contributed by atoms with E-state index in [-0.39, 0.29) is 5.97 Å². The highest BCUT2D eigenvalue weighted by atomic mass is 16.5. The third kappa shape index (κ3) is 43.4. The highest BCUT2D eigenvalue weighted by Gasteiger charge is 2.03. The van der Waals surface area contributed by atoms with Gasteiger partial charge in [-0.1, -0.05) is 258 Å². The summed E-state index contributed by atoms with van der Waals surface area (Å²) in [4.78, 5) is 12.0. The standard InChI is InChI=1S/C45H90O2/c1-3-5-7-9-11-13-15-17-19-21-23-25-27-29-31-33-35-37-39-41-43-45(46)47-44-42-40-38-36-34-32-30-28-26-24-22-20-18-16-14-12-10-8-6-4-2/h3-44H2,1-2H3. The van der Waals surface area contributed by atoms with Crippen LogP contribution in [0.1, 0.15) is 277 Å². The predicted molar refractivity (Wildman–Crippen MR) is 212 cm³/mol. The zero-order valence-electron chi connectivity index (χ0n) is 33.0. The predicted octanol–water partition coefficient (Wildman–Crippen LogP) is 16.6. The molecule has 0 aromatic rings. The minimum absolute atomic E-state index is 0.0326. The maximum atomic E-state index is 12.0. The Bertz CT molecular complexity index is 558. The van der Waals surface area contributed by atoms with Crippen LogP contribution in [-0.4, -0.2) is 12.6 Å². The lowest BCUT2D eigenvalue weighted by Gasteiger charge is -2.06. The third-order valence-corrected chi connectivity index (χ3v) is 10.5. The fourth-order valence-corrected chi connectivity index (χ4v) is 7.14. The molecule has 0 N–H and O–H groups in total. The van der Waals surface area contributed by atoms with E-state index < -0.39 is 0 Å². The van der Waals surface area contributed by atoms with Gasteiger partial charge in [-0.2, -0.15) is 0 Å². The average Bonchev–Trinajstić information content (AvgIpc) is 3.08. The van der Waals surface area contributed by atoms with Crippen LogP contribution in [0.4, 0.5) is 0 Å². The van der Waals surface area contributed by atoms with Gasteiger partial charge >= 0.3 is 5.97 Å². The molecule has 0 aliphatic carbocycles. The van der Waals surface area contributed by atoms with E-state index >= 15 is 0 Å². The van der Waals surface area contributed by atoms with Gasteiger partial charge in [0.15, 0.2) is 0 Å². The van der Waals surface area contributed by atoms with Crippen LogP contribution >= 0.6 is 0 Å². The van der Waals surface area contributed by atoms with Gasteiger partial charge in [-0.15, -0.1) is 0 Å². The Morgan fingerprint density at radius 1 is 0.277 bits per heavy atom. The van der Waals surface area contributed by atoms with Crippen molar-refractivity contribution in [2.45, 2.75) is 277 Å². The second-order valence-electron chi connectivity index (χ2n) is 15.4. The molecule has 0 spiro atoms. The summed E-state index contributed by atoms with van der Waals surface area (Å²) in [6.45, 7) is 5.23. The van der Waals surface area contributed by atoms with E-state index in [0.29, 0.717) is 13.0 Å². The zero-order valence-corrected chi connectivity index (χ0v) is 33.0. The molecule has 0 radical (unpaired) electrons. The van der Waals surface area contributed by atoms with Gasteiger partial charge < -0.3 is 4.74 Å². The number of carbonyl (C=O) groups excluding carboxylic acids is 1. The fraction of sp³-hybridized carbons (Fsp3) is 0.978. The molecule has 0 rings (SSSR count). The molecule has 0 aromatic carbocycles. The summed E-state index contributed by atoms with van der Waals surface area (Å²) >= 11 is 0. The Hall–Kier alpha value is -0.530. The van der Waals surface area contributed by atoms with Crippen LogP contribution in [-0.2, 0) is 9.53 Å². The number of hydrogen-bond donors (Lipinski definition) is 0. The van der Waals surface area contributed by atoms with Gasteiger partial charge in [0.1, 0.15) is 0 Å². The highest BCUT2D eigenvalue weighted by molar-refractivity contribution is 5.69. The molecule has 0 fully saturated rings. The summed E-state index contributed by atoms with van der Waals surface area (Å²) in [5.41, 5.74) is 0. The molecule has 282 valence electrons. The Kier molecular flexibility index (Phi) is 43.0. The molecule has 0 aliphatic heterocycles. The van der Waals surface area contributed by atoms with Crippen LogP contribution in [0.5, 0.6) is 0 Å². The van der Waals surface area contributed by atoms with Gasteiger partial charge in [0.2, 0.25) is 0 Å². The number of esters is 1. The SMILES string of the molecule is CCCCCCCCCCCCCCCCCCCCCCOC(=O)CCCCCCCCCCCCCCCCCCCCCC. The number of rotatable bonds is 42. The largest absolute Gasteiger partial charge is 0.466 e. The lowest BCUT2D eigenvalue weighted by atomic mass is 10.0. The first-order valence-electron chi connectivity index (χ1n) is 22.5. The third-order valence-electron chi connectivity index (χ3n) is 10.5. The van der Waals surface area contributed by atoms with Crippen molar-refractivity contribution in [3.05, 3.63) is 0 Å². The molecular formula is C45H90O2. The van der Waals surface area contributed by atoms with Crippen LogP contribution in [0.3, 0.4) is 0 Å². The molecule has 0 aliphatic rings. The minimum Gasteiger partial charge on any atom is -0.466 e. The summed E-state index contributed by atoms with van der Waals surface area (Å²) in [5.74, 6) is 0.0326. The maximum absolute atomic E-state index is 12.0. The van der Waals surface area contributed by atoms with Gasteiger partial charge in [-0.25, -0.2) is 0 Å². The van der Waals surface area contributed by atoms with Gasteiger partial charge in [0.25, 0.3) is 0 Å². The van der Waals surface area contributed by atoms with Crippen molar-refractivity contribution >= 4 is 5.97 Å².